The molecule has 3 aromatic rings. The van der Waals surface area contributed by atoms with Gasteiger partial charge in [0.1, 0.15) is 11.4 Å². The van der Waals surface area contributed by atoms with Crippen LogP contribution in [0.3, 0.4) is 0 Å². The van der Waals surface area contributed by atoms with Gasteiger partial charge >= 0.3 is 13.6 Å². The van der Waals surface area contributed by atoms with Gasteiger partial charge < -0.3 is 29.7 Å². The van der Waals surface area contributed by atoms with E-state index < -0.39 is 45.2 Å². The van der Waals surface area contributed by atoms with Gasteiger partial charge in [-0.25, -0.2) is 40.4 Å². The van der Waals surface area contributed by atoms with Crippen LogP contribution in [0.5, 0.6) is 5.75 Å². The third kappa shape index (κ3) is 7.71. The van der Waals surface area contributed by atoms with E-state index in [1.54, 1.807) is 0 Å². The quantitative estimate of drug-likeness (QED) is 0.0925. The molecule has 228 valence electrons. The molecule has 8 N–H and O–H groups in total. The van der Waals surface area contributed by atoms with Crippen LogP contribution in [-0.4, -0.2) is 82.6 Å². The highest BCUT2D eigenvalue weighted by Gasteiger charge is 2.31. The standard InChI is InChI=1S/C20H22N4O12P2S4/c25-19-13-9-11(41(33,34)21-5-7-39-37(27,28)29)1-3-15(13)23-17(19)18-20(26)14-10-12(2-4-16(14)24-18)42(35,36)22-6-8-40-38(30,31)32/h1-4,9-10,21-23,25H,5-8H2,(H2,27,28,29)(H2,30,31,32). The Labute approximate surface area is 246 Å². The molecule has 1 aliphatic heterocycles. The molecule has 0 atom stereocenters. The summed E-state index contributed by atoms with van der Waals surface area (Å²) >= 11 is 0.554. The molecular weight excluding hydrogens is 678 g/mol. The highest BCUT2D eigenvalue weighted by Crippen LogP contribution is 2.50. The first kappa shape index (κ1) is 32.8. The van der Waals surface area contributed by atoms with Crippen molar-refractivity contribution in [2.24, 2.45) is 4.99 Å². The lowest BCUT2D eigenvalue weighted by Gasteiger charge is -2.08. The number of benzene rings is 2. The first-order chi connectivity index (χ1) is 19.4. The Morgan fingerprint density at radius 2 is 1.36 bits per heavy atom. The number of aromatic amines is 1. The van der Waals surface area contributed by atoms with Gasteiger partial charge in [0.2, 0.25) is 25.8 Å². The predicted molar refractivity (Wildman–Crippen MR) is 156 cm³/mol. The molecule has 1 aliphatic rings. The minimum Gasteiger partial charge on any atom is -0.505 e. The zero-order valence-electron chi connectivity index (χ0n) is 20.9. The molecule has 0 spiro atoms. The minimum absolute atomic E-state index is 0.0320. The number of hydrogen-bond donors (Lipinski definition) is 8. The van der Waals surface area contributed by atoms with Crippen molar-refractivity contribution in [1.82, 2.24) is 14.4 Å². The molecule has 16 nitrogen and oxygen atoms in total. The molecule has 0 radical (unpaired) electrons. The second-order valence-corrected chi connectivity index (χ2v) is 19.7. The van der Waals surface area contributed by atoms with Crippen LogP contribution in [0.15, 0.2) is 51.2 Å². The molecule has 22 heteroatoms. The molecule has 0 aliphatic carbocycles. The summed E-state index contributed by atoms with van der Waals surface area (Å²) in [7, 11) is -8.27. The number of carbonyl (C=O) groups excluding carboxylic acids is 1. The molecule has 0 saturated heterocycles. The van der Waals surface area contributed by atoms with Crippen LogP contribution < -0.4 is 9.44 Å². The predicted octanol–water partition coefficient (Wildman–Crippen LogP) is 1.40. The fourth-order valence-corrected chi connectivity index (χ4v) is 8.98. The van der Waals surface area contributed by atoms with Crippen molar-refractivity contribution in [3.05, 3.63) is 47.7 Å². The number of nitrogens with zero attached hydrogens (tertiary/aromatic N) is 1. The fourth-order valence-electron chi connectivity index (χ4n) is 3.77. The van der Waals surface area contributed by atoms with E-state index >= 15 is 0 Å². The van der Waals surface area contributed by atoms with Crippen LogP contribution in [-0.2, 0) is 29.2 Å². The van der Waals surface area contributed by atoms with E-state index in [4.69, 9.17) is 19.6 Å². The normalized spacial score (nSPS) is 14.4. The van der Waals surface area contributed by atoms with Crippen molar-refractivity contribution < 1.29 is 55.4 Å². The number of aromatic nitrogens is 1. The van der Waals surface area contributed by atoms with E-state index in [9.17, 15) is 35.9 Å². The number of nitrogens with one attached hydrogen (secondary N) is 3. The Bertz CT molecular complexity index is 1920. The molecular formula is C20H22N4O12P2S4. The molecule has 4 rings (SSSR count). The lowest BCUT2D eigenvalue weighted by Crippen LogP contribution is -2.26. The first-order valence-corrected chi connectivity index (χ1v) is 20.8. The van der Waals surface area contributed by atoms with Crippen molar-refractivity contribution >= 4 is 84.5 Å². The van der Waals surface area contributed by atoms with Gasteiger partial charge in [-0.15, -0.1) is 0 Å². The summed E-state index contributed by atoms with van der Waals surface area (Å²) in [5.41, 5.74) is -0.105. The highest BCUT2D eigenvalue weighted by atomic mass is 32.7. The Morgan fingerprint density at radius 3 is 1.90 bits per heavy atom. The van der Waals surface area contributed by atoms with Crippen LogP contribution >= 0.6 is 36.4 Å². The van der Waals surface area contributed by atoms with Gasteiger partial charge in [0, 0.05) is 35.5 Å². The van der Waals surface area contributed by atoms with Gasteiger partial charge in [0.25, 0.3) is 0 Å². The van der Waals surface area contributed by atoms with Crippen LogP contribution in [0.4, 0.5) is 5.69 Å². The summed E-state index contributed by atoms with van der Waals surface area (Å²) in [5.74, 6) is -1.61. The smallest absolute Gasteiger partial charge is 0.384 e. The number of rotatable bonds is 13. The van der Waals surface area contributed by atoms with Gasteiger partial charge in [-0.3, -0.25) is 4.79 Å². The van der Waals surface area contributed by atoms with Gasteiger partial charge in [-0.1, -0.05) is 0 Å². The number of Topliss-reactive ketones (excluding diaryl/α,β-unsaturated/α-hetero) is 1. The van der Waals surface area contributed by atoms with E-state index in [-0.39, 0.29) is 90.7 Å². The fraction of sp³-hybridized carbons (Fsp3) is 0.200. The van der Waals surface area contributed by atoms with Crippen molar-refractivity contribution in [2.45, 2.75) is 9.79 Å². The molecule has 0 amide bonds. The third-order valence-electron chi connectivity index (χ3n) is 5.57. The SMILES string of the molecule is O=C1C(c2[nH]c3ccc(S(=O)(=O)NCCSP(=O)(O)O)cc3c2O)=Nc2ccc(S(=O)(=O)NCCSP(=O)(O)O)cc21. The molecule has 1 aromatic heterocycles. The minimum atomic E-state index is -4.37. The number of hydrogen-bond acceptors (Lipinski definition) is 11. The monoisotopic (exact) mass is 700 g/mol. The lowest BCUT2D eigenvalue weighted by molar-refractivity contribution is 0.106. The second kappa shape index (κ2) is 12.1. The van der Waals surface area contributed by atoms with E-state index in [1.165, 1.54) is 24.3 Å². The van der Waals surface area contributed by atoms with Crippen molar-refractivity contribution in [3.63, 3.8) is 0 Å². The van der Waals surface area contributed by atoms with Gasteiger partial charge in [0.05, 0.1) is 21.0 Å². The molecule has 0 bridgehead atoms. The van der Waals surface area contributed by atoms with E-state index in [1.807, 2.05) is 0 Å². The lowest BCUT2D eigenvalue weighted by atomic mass is 10.1. The zero-order chi connectivity index (χ0) is 31.1. The maximum absolute atomic E-state index is 13.2. The van der Waals surface area contributed by atoms with Crippen molar-refractivity contribution in [2.75, 3.05) is 24.6 Å². The topological polar surface area (TPSA) is 273 Å². The molecule has 0 saturated carbocycles. The maximum Gasteiger partial charge on any atom is 0.384 e. The summed E-state index contributed by atoms with van der Waals surface area (Å²) < 4.78 is 76.8. The Morgan fingerprint density at radius 1 is 0.833 bits per heavy atom. The maximum atomic E-state index is 13.2. The Kier molecular flexibility index (Phi) is 9.50. The highest BCUT2D eigenvalue weighted by molar-refractivity contribution is 8.54. The van der Waals surface area contributed by atoms with Gasteiger partial charge in [-0.2, -0.15) is 0 Å². The molecule has 42 heavy (non-hydrogen) atoms. The second-order valence-electron chi connectivity index (χ2n) is 8.47. The molecule has 2 heterocycles. The van der Waals surface area contributed by atoms with Crippen LogP contribution in [0.2, 0.25) is 0 Å². The summed E-state index contributed by atoms with van der Waals surface area (Å²) in [4.78, 5) is 55.1. The summed E-state index contributed by atoms with van der Waals surface area (Å²) in [5, 5.41) is 10.9. The number of carbonyl (C=O) groups is 1. The number of sulfonamides is 2. The summed E-state index contributed by atoms with van der Waals surface area (Å²) in [6.07, 6.45) is 0. The molecule has 0 fully saturated rings. The number of aromatic hydroxyl groups is 1. The Hall–Kier alpha value is -2.06. The van der Waals surface area contributed by atoms with Crippen LogP contribution in [0, 0.1) is 0 Å². The number of H-pyrrole nitrogens is 1. The van der Waals surface area contributed by atoms with E-state index in [0.717, 1.165) is 12.1 Å². The third-order valence-corrected chi connectivity index (χ3v) is 13.0. The number of aliphatic imine (C=N–C) groups is 1. The van der Waals surface area contributed by atoms with Crippen LogP contribution in [0.1, 0.15) is 16.1 Å². The molecule has 2 aromatic carbocycles. The van der Waals surface area contributed by atoms with Crippen LogP contribution in [0.25, 0.3) is 10.9 Å². The van der Waals surface area contributed by atoms with Crippen molar-refractivity contribution in [1.29, 1.82) is 0 Å². The average molecular weight is 701 g/mol. The average Bonchev–Trinajstić information content (AvgIpc) is 3.39. The zero-order valence-corrected chi connectivity index (χ0v) is 25.9. The Balaban J connectivity index is 1.53. The first-order valence-electron chi connectivity index (χ1n) is 11.4. The van der Waals surface area contributed by atoms with Gasteiger partial charge in [0.15, 0.2) is 5.75 Å². The number of ketones is 1. The summed E-state index contributed by atoms with van der Waals surface area (Å²) in [6.45, 7) is -9.30. The molecule has 0 unspecified atom stereocenters. The van der Waals surface area contributed by atoms with Gasteiger partial charge in [-0.05, 0) is 59.2 Å². The van der Waals surface area contributed by atoms with Crippen molar-refractivity contribution in [3.8, 4) is 5.75 Å². The van der Waals surface area contributed by atoms with E-state index in [0.29, 0.717) is 0 Å². The largest absolute Gasteiger partial charge is 0.505 e. The van der Waals surface area contributed by atoms with E-state index in [2.05, 4.69) is 19.4 Å². The number of fused-ring (bicyclic) bond motifs is 2. The summed E-state index contributed by atoms with van der Waals surface area (Å²) in [6, 6.07) is 7.23.